The Kier molecular flexibility index (Phi) is 4.36. The molecule has 2 heterocycles. The maximum absolute atomic E-state index is 5.96. The summed E-state index contributed by atoms with van der Waals surface area (Å²) >= 11 is 5.96. The first kappa shape index (κ1) is 18.0. The van der Waals surface area contributed by atoms with E-state index in [0.717, 1.165) is 33.3 Å². The lowest BCUT2D eigenvalue weighted by Crippen LogP contribution is -2.09. The highest BCUT2D eigenvalue weighted by molar-refractivity contribution is 6.30. The average Bonchev–Trinajstić information content (AvgIpc) is 3.01. The predicted molar refractivity (Wildman–Crippen MR) is 119 cm³/mol. The van der Waals surface area contributed by atoms with Crippen LogP contribution in [0.2, 0.25) is 5.02 Å². The van der Waals surface area contributed by atoms with E-state index < -0.39 is 0 Å². The van der Waals surface area contributed by atoms with Gasteiger partial charge in [0, 0.05) is 10.4 Å². The minimum absolute atomic E-state index is 0.530. The van der Waals surface area contributed by atoms with E-state index in [1.54, 1.807) is 0 Å². The molecule has 0 bridgehead atoms. The van der Waals surface area contributed by atoms with Crippen LogP contribution in [-0.4, -0.2) is 21.1 Å². The first-order chi connectivity index (χ1) is 14.1. The number of para-hydroxylation sites is 2. The van der Waals surface area contributed by atoms with E-state index in [4.69, 9.17) is 26.3 Å². The molecule has 5 aromatic rings. The molecule has 0 saturated carbocycles. The number of hydrogen-bond donors (Lipinski definition) is 0. The summed E-state index contributed by atoms with van der Waals surface area (Å²) in [5.41, 5.74) is 7.26. The largest absolute Gasteiger partial charge is 0.492 e. The van der Waals surface area contributed by atoms with Gasteiger partial charge in [-0.15, -0.1) is 0 Å². The third-order valence-electron chi connectivity index (χ3n) is 5.17. The van der Waals surface area contributed by atoms with Gasteiger partial charge in [-0.3, -0.25) is 0 Å². The first-order valence-corrected chi connectivity index (χ1v) is 10.0. The van der Waals surface area contributed by atoms with Gasteiger partial charge in [-0.1, -0.05) is 35.4 Å². The predicted octanol–water partition coefficient (Wildman–Crippen LogP) is 6.09. The lowest BCUT2D eigenvalue weighted by molar-refractivity contribution is 0.302. The summed E-state index contributed by atoms with van der Waals surface area (Å²) in [6.45, 7) is 5.47. The van der Waals surface area contributed by atoms with Gasteiger partial charge in [0.1, 0.15) is 17.9 Å². The van der Waals surface area contributed by atoms with Crippen molar-refractivity contribution in [3.63, 3.8) is 0 Å². The summed E-state index contributed by atoms with van der Waals surface area (Å²) in [7, 11) is 0. The Morgan fingerprint density at radius 2 is 1.66 bits per heavy atom. The van der Waals surface area contributed by atoms with Crippen molar-refractivity contribution in [3.8, 4) is 5.75 Å². The van der Waals surface area contributed by atoms with Crippen molar-refractivity contribution in [1.29, 1.82) is 0 Å². The molecule has 0 aliphatic rings. The number of nitrogens with zero attached hydrogens (tertiary/aromatic N) is 3. The molecule has 144 valence electrons. The van der Waals surface area contributed by atoms with E-state index in [1.165, 1.54) is 16.6 Å². The van der Waals surface area contributed by atoms with Crippen LogP contribution in [0.5, 0.6) is 5.75 Å². The number of hydrogen-bond acceptors (Lipinski definition) is 3. The SMILES string of the molecule is Cc1cc(C)c2c(c1)c1nc3ccccc3nc1n2CCOc1ccc(Cl)cc1. The fraction of sp³-hybridized carbons (Fsp3) is 0.167. The van der Waals surface area contributed by atoms with Crippen LogP contribution < -0.4 is 4.74 Å². The molecule has 0 aliphatic carbocycles. The number of halogens is 1. The number of ether oxygens (including phenoxy) is 1. The van der Waals surface area contributed by atoms with Gasteiger partial charge in [-0.2, -0.15) is 0 Å². The van der Waals surface area contributed by atoms with Crippen LogP contribution in [0.4, 0.5) is 0 Å². The van der Waals surface area contributed by atoms with E-state index in [2.05, 4.69) is 30.5 Å². The lowest BCUT2D eigenvalue weighted by Gasteiger charge is -2.11. The minimum Gasteiger partial charge on any atom is -0.492 e. The molecule has 0 atom stereocenters. The second-order valence-electron chi connectivity index (χ2n) is 7.32. The standard InChI is InChI=1S/C24H20ClN3O/c1-15-13-16(2)23-19(14-15)22-24(27-21-6-4-3-5-20(21)26-22)28(23)11-12-29-18-9-7-17(25)8-10-18/h3-10,13-14H,11-12H2,1-2H3. The van der Waals surface area contributed by atoms with Gasteiger partial charge in [-0.25, -0.2) is 9.97 Å². The summed E-state index contributed by atoms with van der Waals surface area (Å²) in [4.78, 5) is 9.90. The molecule has 0 radical (unpaired) electrons. The monoisotopic (exact) mass is 401 g/mol. The van der Waals surface area contributed by atoms with E-state index in [-0.39, 0.29) is 0 Å². The third-order valence-corrected chi connectivity index (χ3v) is 5.43. The molecular weight excluding hydrogens is 382 g/mol. The van der Waals surface area contributed by atoms with Gasteiger partial charge in [0.25, 0.3) is 0 Å². The average molecular weight is 402 g/mol. The summed E-state index contributed by atoms with van der Waals surface area (Å²) < 4.78 is 8.19. The summed E-state index contributed by atoms with van der Waals surface area (Å²) in [5, 5.41) is 1.84. The van der Waals surface area contributed by atoms with Gasteiger partial charge in [0.2, 0.25) is 0 Å². The maximum atomic E-state index is 5.96. The third kappa shape index (κ3) is 3.19. The van der Waals surface area contributed by atoms with E-state index in [9.17, 15) is 0 Å². The Morgan fingerprint density at radius 3 is 2.41 bits per heavy atom. The van der Waals surface area contributed by atoms with Gasteiger partial charge in [0.05, 0.1) is 23.1 Å². The fourth-order valence-corrected chi connectivity index (χ4v) is 4.09. The van der Waals surface area contributed by atoms with Crippen LogP contribution in [0.3, 0.4) is 0 Å². The molecule has 0 saturated heterocycles. The number of benzene rings is 3. The van der Waals surface area contributed by atoms with Crippen LogP contribution in [0, 0.1) is 13.8 Å². The molecule has 0 fully saturated rings. The molecule has 29 heavy (non-hydrogen) atoms. The normalized spacial score (nSPS) is 11.6. The van der Waals surface area contributed by atoms with Gasteiger partial charge >= 0.3 is 0 Å². The molecule has 0 N–H and O–H groups in total. The molecular formula is C24H20ClN3O. The van der Waals surface area contributed by atoms with Crippen molar-refractivity contribution < 1.29 is 4.74 Å². The Morgan fingerprint density at radius 1 is 0.931 bits per heavy atom. The molecule has 4 nitrogen and oxygen atoms in total. The minimum atomic E-state index is 0.530. The lowest BCUT2D eigenvalue weighted by atomic mass is 10.1. The fourth-order valence-electron chi connectivity index (χ4n) is 3.97. The molecule has 0 aliphatic heterocycles. The molecule has 5 rings (SSSR count). The summed E-state index contributed by atoms with van der Waals surface area (Å²) in [6.07, 6.45) is 0. The topological polar surface area (TPSA) is 39.9 Å². The number of aromatic nitrogens is 3. The van der Waals surface area contributed by atoms with Gasteiger partial charge in [0.15, 0.2) is 5.65 Å². The molecule has 0 spiro atoms. The Hall–Kier alpha value is -3.11. The van der Waals surface area contributed by atoms with Crippen molar-refractivity contribution in [3.05, 3.63) is 76.8 Å². The van der Waals surface area contributed by atoms with Crippen LogP contribution in [0.1, 0.15) is 11.1 Å². The quantitative estimate of drug-likeness (QED) is 0.366. The summed E-state index contributed by atoms with van der Waals surface area (Å²) in [6, 6.07) is 19.9. The first-order valence-electron chi connectivity index (χ1n) is 9.64. The van der Waals surface area contributed by atoms with Gasteiger partial charge in [-0.05, 0) is 61.9 Å². The molecule has 0 amide bonds. The van der Waals surface area contributed by atoms with E-state index in [1.807, 2.05) is 48.5 Å². The second kappa shape index (κ2) is 7.05. The van der Waals surface area contributed by atoms with Crippen molar-refractivity contribution in [2.24, 2.45) is 0 Å². The number of fused-ring (bicyclic) bond motifs is 4. The zero-order chi connectivity index (χ0) is 20.0. The zero-order valence-electron chi connectivity index (χ0n) is 16.3. The highest BCUT2D eigenvalue weighted by Gasteiger charge is 2.16. The van der Waals surface area contributed by atoms with Crippen molar-refractivity contribution in [1.82, 2.24) is 14.5 Å². The van der Waals surface area contributed by atoms with Crippen molar-refractivity contribution in [2.45, 2.75) is 20.4 Å². The summed E-state index contributed by atoms with van der Waals surface area (Å²) in [5.74, 6) is 0.805. The van der Waals surface area contributed by atoms with Crippen LogP contribution in [0.25, 0.3) is 33.1 Å². The molecule has 5 heteroatoms. The number of rotatable bonds is 4. The van der Waals surface area contributed by atoms with Crippen LogP contribution in [0.15, 0.2) is 60.7 Å². The second-order valence-corrected chi connectivity index (χ2v) is 7.75. The molecule has 3 aromatic carbocycles. The highest BCUT2D eigenvalue weighted by atomic mass is 35.5. The van der Waals surface area contributed by atoms with Crippen molar-refractivity contribution >= 4 is 44.7 Å². The Balaban J connectivity index is 1.63. The molecule has 2 aromatic heterocycles. The Labute approximate surface area is 173 Å². The van der Waals surface area contributed by atoms with Crippen LogP contribution >= 0.6 is 11.6 Å². The van der Waals surface area contributed by atoms with Crippen molar-refractivity contribution in [2.75, 3.05) is 6.61 Å². The number of aryl methyl sites for hydroxylation is 2. The molecule has 0 unspecified atom stereocenters. The van der Waals surface area contributed by atoms with E-state index in [0.29, 0.717) is 18.2 Å². The maximum Gasteiger partial charge on any atom is 0.160 e. The Bertz CT molecular complexity index is 1360. The van der Waals surface area contributed by atoms with Gasteiger partial charge < -0.3 is 9.30 Å². The van der Waals surface area contributed by atoms with E-state index >= 15 is 0 Å². The zero-order valence-corrected chi connectivity index (χ0v) is 17.1. The van der Waals surface area contributed by atoms with Crippen LogP contribution in [-0.2, 0) is 6.54 Å². The highest BCUT2D eigenvalue weighted by Crippen LogP contribution is 2.31. The smallest absolute Gasteiger partial charge is 0.160 e.